The molecule has 1 unspecified atom stereocenters. The summed E-state index contributed by atoms with van der Waals surface area (Å²) in [6, 6.07) is 1.88. The van der Waals surface area contributed by atoms with Gasteiger partial charge in [0.15, 0.2) is 0 Å². The van der Waals surface area contributed by atoms with Crippen LogP contribution in [0.2, 0.25) is 0 Å². The van der Waals surface area contributed by atoms with Gasteiger partial charge < -0.3 is 15.3 Å². The van der Waals surface area contributed by atoms with Crippen LogP contribution in [0.5, 0.6) is 0 Å². The van der Waals surface area contributed by atoms with Gasteiger partial charge in [-0.15, -0.1) is 0 Å². The fourth-order valence-corrected chi connectivity index (χ4v) is 1.38. The number of aliphatic hydroxyl groups excluding tert-OH is 1. The Balaban J connectivity index is 2.53. The van der Waals surface area contributed by atoms with Crippen molar-refractivity contribution in [2.45, 2.75) is 13.3 Å². The van der Waals surface area contributed by atoms with Crippen LogP contribution >= 0.6 is 0 Å². The zero-order valence-electron chi connectivity index (χ0n) is 7.07. The predicted molar refractivity (Wildman–Crippen MR) is 47.0 cm³/mol. The number of hydrogen-bond acceptors (Lipinski definition) is 4. The van der Waals surface area contributed by atoms with Crippen LogP contribution in [0.1, 0.15) is 5.69 Å². The lowest BCUT2D eigenvalue weighted by Crippen LogP contribution is -2.31. The van der Waals surface area contributed by atoms with Gasteiger partial charge in [0, 0.05) is 13.2 Å². The zero-order chi connectivity index (χ0) is 8.72. The van der Waals surface area contributed by atoms with Crippen LogP contribution in [0.3, 0.4) is 0 Å². The SMILES string of the molecule is Cc1nccc2c1NC(O)N2C. The van der Waals surface area contributed by atoms with E-state index in [0.29, 0.717) is 0 Å². The Morgan fingerprint density at radius 2 is 2.42 bits per heavy atom. The van der Waals surface area contributed by atoms with Crippen molar-refractivity contribution in [2.75, 3.05) is 17.3 Å². The topological polar surface area (TPSA) is 48.4 Å². The molecular formula is C8H11N3O. The first kappa shape index (κ1) is 7.36. The monoisotopic (exact) mass is 165 g/mol. The van der Waals surface area contributed by atoms with Crippen molar-refractivity contribution in [3.8, 4) is 0 Å². The number of nitrogens with one attached hydrogen (secondary N) is 1. The van der Waals surface area contributed by atoms with Crippen molar-refractivity contribution in [1.82, 2.24) is 4.98 Å². The van der Waals surface area contributed by atoms with Gasteiger partial charge in [-0.05, 0) is 13.0 Å². The highest BCUT2D eigenvalue weighted by Gasteiger charge is 2.24. The largest absolute Gasteiger partial charge is 0.356 e. The highest BCUT2D eigenvalue weighted by atomic mass is 16.3. The molecule has 4 nitrogen and oxygen atoms in total. The molecule has 1 aliphatic heterocycles. The van der Waals surface area contributed by atoms with Gasteiger partial charge in [0.1, 0.15) is 0 Å². The maximum Gasteiger partial charge on any atom is 0.205 e. The van der Waals surface area contributed by atoms with Gasteiger partial charge in [-0.2, -0.15) is 0 Å². The maximum absolute atomic E-state index is 9.43. The van der Waals surface area contributed by atoms with Gasteiger partial charge >= 0.3 is 0 Å². The first-order chi connectivity index (χ1) is 5.70. The van der Waals surface area contributed by atoms with Crippen molar-refractivity contribution in [3.63, 3.8) is 0 Å². The molecule has 0 bridgehead atoms. The lowest BCUT2D eigenvalue weighted by atomic mass is 10.3. The van der Waals surface area contributed by atoms with Crippen molar-refractivity contribution in [3.05, 3.63) is 18.0 Å². The molecule has 0 saturated heterocycles. The van der Waals surface area contributed by atoms with Gasteiger partial charge in [0.2, 0.25) is 6.35 Å². The molecule has 2 heterocycles. The molecule has 0 fully saturated rings. The number of anilines is 2. The Labute approximate surface area is 70.8 Å². The number of rotatable bonds is 0. The number of pyridine rings is 1. The second-order valence-corrected chi connectivity index (χ2v) is 2.92. The Hall–Kier alpha value is -1.29. The third-order valence-electron chi connectivity index (χ3n) is 2.14. The number of aliphatic hydroxyl groups is 1. The molecule has 0 saturated carbocycles. The Bertz CT molecular complexity index is 313. The van der Waals surface area contributed by atoms with E-state index in [-0.39, 0.29) is 0 Å². The van der Waals surface area contributed by atoms with Crippen LogP contribution in [0, 0.1) is 6.92 Å². The summed E-state index contributed by atoms with van der Waals surface area (Å²) in [5.41, 5.74) is 2.83. The maximum atomic E-state index is 9.43. The molecule has 1 aromatic heterocycles. The van der Waals surface area contributed by atoms with Crippen molar-refractivity contribution < 1.29 is 5.11 Å². The third kappa shape index (κ3) is 0.848. The van der Waals surface area contributed by atoms with Crippen molar-refractivity contribution in [1.29, 1.82) is 0 Å². The highest BCUT2D eigenvalue weighted by Crippen LogP contribution is 2.33. The average molecular weight is 165 g/mol. The number of nitrogens with zero attached hydrogens (tertiary/aromatic N) is 2. The van der Waals surface area contributed by atoms with E-state index in [2.05, 4.69) is 10.3 Å². The molecule has 0 radical (unpaired) electrons. The first-order valence-electron chi connectivity index (χ1n) is 3.83. The van der Waals surface area contributed by atoms with E-state index in [1.807, 2.05) is 20.0 Å². The van der Waals surface area contributed by atoms with Gasteiger partial charge in [-0.25, -0.2) is 0 Å². The molecule has 0 aromatic carbocycles. The van der Waals surface area contributed by atoms with Gasteiger partial charge in [-0.1, -0.05) is 0 Å². The molecule has 1 aromatic rings. The lowest BCUT2D eigenvalue weighted by molar-refractivity contribution is 0.210. The lowest BCUT2D eigenvalue weighted by Gasteiger charge is -2.15. The summed E-state index contributed by atoms with van der Waals surface area (Å²) < 4.78 is 0. The Morgan fingerprint density at radius 1 is 1.67 bits per heavy atom. The molecule has 64 valence electrons. The minimum absolute atomic E-state index is 0.622. The summed E-state index contributed by atoms with van der Waals surface area (Å²) in [7, 11) is 1.84. The molecule has 1 aliphatic rings. The molecule has 12 heavy (non-hydrogen) atoms. The fourth-order valence-electron chi connectivity index (χ4n) is 1.38. The smallest absolute Gasteiger partial charge is 0.205 e. The summed E-state index contributed by atoms with van der Waals surface area (Å²) in [6.45, 7) is 1.91. The minimum Gasteiger partial charge on any atom is -0.356 e. The molecule has 0 aliphatic carbocycles. The average Bonchev–Trinajstić information content (AvgIpc) is 2.32. The van der Waals surface area contributed by atoms with Crippen molar-refractivity contribution in [2.24, 2.45) is 0 Å². The minimum atomic E-state index is -0.622. The quantitative estimate of drug-likeness (QED) is 0.588. The van der Waals surface area contributed by atoms with Crippen LogP contribution in [0.4, 0.5) is 11.4 Å². The summed E-state index contributed by atoms with van der Waals surface area (Å²) in [6.07, 6.45) is 1.12. The standard InChI is InChI=1S/C8H11N3O/c1-5-7-6(3-4-9-5)11(2)8(12)10-7/h3-4,8,10,12H,1-2H3. The van der Waals surface area contributed by atoms with E-state index in [4.69, 9.17) is 0 Å². The van der Waals surface area contributed by atoms with E-state index >= 15 is 0 Å². The van der Waals surface area contributed by atoms with Crippen LogP contribution in [-0.4, -0.2) is 23.5 Å². The van der Waals surface area contributed by atoms with Gasteiger partial charge in [0.05, 0.1) is 17.1 Å². The molecular weight excluding hydrogens is 154 g/mol. The summed E-state index contributed by atoms with van der Waals surface area (Å²) >= 11 is 0. The van der Waals surface area contributed by atoms with E-state index in [1.54, 1.807) is 11.1 Å². The molecule has 4 heteroatoms. The van der Waals surface area contributed by atoms with Crippen LogP contribution in [0.25, 0.3) is 0 Å². The number of aromatic nitrogens is 1. The van der Waals surface area contributed by atoms with Crippen LogP contribution < -0.4 is 10.2 Å². The fraction of sp³-hybridized carbons (Fsp3) is 0.375. The van der Waals surface area contributed by atoms with Gasteiger partial charge in [0.25, 0.3) is 0 Å². The summed E-state index contributed by atoms with van der Waals surface area (Å²) in [5.74, 6) is 0. The predicted octanol–water partition coefficient (Wildman–Crippen LogP) is 0.528. The number of fused-ring (bicyclic) bond motifs is 1. The molecule has 0 amide bonds. The first-order valence-corrected chi connectivity index (χ1v) is 3.83. The van der Waals surface area contributed by atoms with E-state index in [1.165, 1.54) is 0 Å². The van der Waals surface area contributed by atoms with Crippen LogP contribution in [0.15, 0.2) is 12.3 Å². The third-order valence-corrected chi connectivity index (χ3v) is 2.14. The van der Waals surface area contributed by atoms with E-state index in [0.717, 1.165) is 17.1 Å². The van der Waals surface area contributed by atoms with E-state index < -0.39 is 6.35 Å². The normalized spacial score (nSPS) is 20.6. The zero-order valence-corrected chi connectivity index (χ0v) is 7.07. The van der Waals surface area contributed by atoms with Crippen molar-refractivity contribution >= 4 is 11.4 Å². The summed E-state index contributed by atoms with van der Waals surface area (Å²) in [4.78, 5) is 5.89. The van der Waals surface area contributed by atoms with Crippen LogP contribution in [-0.2, 0) is 0 Å². The second kappa shape index (κ2) is 2.35. The summed E-state index contributed by atoms with van der Waals surface area (Å²) in [5, 5.41) is 12.4. The number of aryl methyl sites for hydroxylation is 1. The second-order valence-electron chi connectivity index (χ2n) is 2.92. The van der Waals surface area contributed by atoms with Gasteiger partial charge in [-0.3, -0.25) is 4.98 Å². The number of hydrogen-bond donors (Lipinski definition) is 2. The molecule has 2 rings (SSSR count). The highest BCUT2D eigenvalue weighted by molar-refractivity contribution is 5.76. The molecule has 0 spiro atoms. The Morgan fingerprint density at radius 3 is 3.08 bits per heavy atom. The Kier molecular flexibility index (Phi) is 1.44. The van der Waals surface area contributed by atoms with E-state index in [9.17, 15) is 5.11 Å². The molecule has 2 N–H and O–H groups in total. The molecule has 1 atom stereocenters.